The van der Waals surface area contributed by atoms with Crippen molar-refractivity contribution in [3.8, 4) is 0 Å². The molecule has 2 aromatic heterocycles. The van der Waals surface area contributed by atoms with Crippen LogP contribution in [0.25, 0.3) is 74.4 Å². The van der Waals surface area contributed by atoms with Gasteiger partial charge in [-0.25, -0.2) is 0 Å². The van der Waals surface area contributed by atoms with Gasteiger partial charge in [0.05, 0.1) is 11.1 Å². The summed E-state index contributed by atoms with van der Waals surface area (Å²) in [7, 11) is 0. The molecule has 2 nitrogen and oxygen atoms in total. The number of hydrogen-bond donors (Lipinski definition) is 0. The van der Waals surface area contributed by atoms with Crippen LogP contribution in [0.3, 0.4) is 0 Å². The Morgan fingerprint density at radius 2 is 1.11 bits per heavy atom. The van der Waals surface area contributed by atoms with Crippen molar-refractivity contribution in [1.82, 2.24) is 0 Å². The summed E-state index contributed by atoms with van der Waals surface area (Å²) in [4.78, 5) is 2.36. The number of para-hydroxylation sites is 2. The first-order chi connectivity index (χ1) is 22.3. The number of anilines is 3. The number of fused-ring (bicyclic) bond motifs is 12. The van der Waals surface area contributed by atoms with Crippen molar-refractivity contribution in [3.63, 3.8) is 0 Å². The smallest absolute Gasteiger partial charge is 0.137 e. The number of rotatable bonds is 3. The number of thiophene rings is 1. The van der Waals surface area contributed by atoms with E-state index < -0.39 is 0 Å². The Bertz CT molecular complexity index is 2770. The van der Waals surface area contributed by atoms with Crippen molar-refractivity contribution in [1.29, 1.82) is 0 Å². The Morgan fingerprint density at radius 3 is 2.04 bits per heavy atom. The molecular weight excluding hydrogens is 567 g/mol. The van der Waals surface area contributed by atoms with Crippen molar-refractivity contribution >= 4 is 103 Å². The highest BCUT2D eigenvalue weighted by Gasteiger charge is 2.20. The van der Waals surface area contributed by atoms with Crippen molar-refractivity contribution in [2.75, 3.05) is 4.90 Å². The van der Waals surface area contributed by atoms with Crippen molar-refractivity contribution in [2.24, 2.45) is 0 Å². The second-order valence-electron chi connectivity index (χ2n) is 11.7. The fourth-order valence-corrected chi connectivity index (χ4v) is 8.46. The van der Waals surface area contributed by atoms with Crippen LogP contribution in [0, 0.1) is 0 Å². The van der Waals surface area contributed by atoms with Crippen LogP contribution < -0.4 is 4.90 Å². The summed E-state index contributed by atoms with van der Waals surface area (Å²) in [6.45, 7) is 0. The SMILES string of the molecule is c1ccc(N(c2ccc3c(ccc4ccc5c(ccc6c7ccccc7sc65)c43)c2)c2cccc3oc4ccccc4c23)cc1. The van der Waals surface area contributed by atoms with Crippen molar-refractivity contribution in [3.05, 3.63) is 152 Å². The molecular formula is C42H25NOS. The molecule has 10 aromatic rings. The van der Waals surface area contributed by atoms with E-state index in [-0.39, 0.29) is 0 Å². The van der Waals surface area contributed by atoms with E-state index in [2.05, 4.69) is 144 Å². The second-order valence-corrected chi connectivity index (χ2v) is 12.7. The van der Waals surface area contributed by atoms with E-state index in [0.717, 1.165) is 39.0 Å². The van der Waals surface area contributed by atoms with E-state index in [1.54, 1.807) is 0 Å². The lowest BCUT2D eigenvalue weighted by Crippen LogP contribution is -2.10. The molecule has 0 fully saturated rings. The van der Waals surface area contributed by atoms with Gasteiger partial charge < -0.3 is 9.32 Å². The van der Waals surface area contributed by atoms with Gasteiger partial charge in [0.2, 0.25) is 0 Å². The predicted molar refractivity (Wildman–Crippen MR) is 194 cm³/mol. The summed E-state index contributed by atoms with van der Waals surface area (Å²) in [6.07, 6.45) is 0. The molecule has 0 aliphatic rings. The summed E-state index contributed by atoms with van der Waals surface area (Å²) in [6, 6.07) is 54.7. The van der Waals surface area contributed by atoms with Gasteiger partial charge >= 0.3 is 0 Å². The highest BCUT2D eigenvalue weighted by Crippen LogP contribution is 2.45. The van der Waals surface area contributed by atoms with Crippen molar-refractivity contribution < 1.29 is 4.42 Å². The molecule has 2 heterocycles. The van der Waals surface area contributed by atoms with Crippen molar-refractivity contribution in [2.45, 2.75) is 0 Å². The quantitative estimate of drug-likeness (QED) is 0.190. The Balaban J connectivity index is 1.23. The third-order valence-electron chi connectivity index (χ3n) is 9.21. The standard InChI is InChI=1S/C42H25NOS/c1-2-9-28(10-3-1)43(36-13-8-15-38-41(36)35-12-4-6-14-37(35)44-38)29-20-22-30-27(25-29)18-17-26-19-21-34-32(40(26)30)23-24-33-31-11-5-7-16-39(31)45-42(33)34/h1-25H. The monoisotopic (exact) mass is 591 g/mol. The highest BCUT2D eigenvalue weighted by molar-refractivity contribution is 7.26. The third kappa shape index (κ3) is 3.62. The summed E-state index contributed by atoms with van der Waals surface area (Å²) < 4.78 is 9.00. The highest BCUT2D eigenvalue weighted by atomic mass is 32.1. The molecule has 0 atom stereocenters. The van der Waals surface area contributed by atoms with E-state index in [9.17, 15) is 0 Å². The lowest BCUT2D eigenvalue weighted by Gasteiger charge is -2.26. The maximum Gasteiger partial charge on any atom is 0.137 e. The molecule has 210 valence electrons. The first-order valence-electron chi connectivity index (χ1n) is 15.3. The zero-order valence-electron chi connectivity index (χ0n) is 24.2. The molecule has 0 radical (unpaired) electrons. The third-order valence-corrected chi connectivity index (χ3v) is 10.4. The molecule has 0 amide bonds. The average Bonchev–Trinajstić information content (AvgIpc) is 3.67. The van der Waals surface area contributed by atoms with Crippen LogP contribution in [0.2, 0.25) is 0 Å². The minimum Gasteiger partial charge on any atom is -0.456 e. The molecule has 0 aliphatic heterocycles. The average molecular weight is 592 g/mol. The topological polar surface area (TPSA) is 16.4 Å². The second kappa shape index (κ2) is 9.43. The summed E-state index contributed by atoms with van der Waals surface area (Å²) >= 11 is 1.89. The molecule has 45 heavy (non-hydrogen) atoms. The molecule has 0 bridgehead atoms. The number of nitrogens with zero attached hydrogens (tertiary/aromatic N) is 1. The minimum atomic E-state index is 0.889. The van der Waals surface area contributed by atoms with Gasteiger partial charge in [0, 0.05) is 42.3 Å². The Labute approximate surface area is 263 Å². The predicted octanol–water partition coefficient (Wildman–Crippen LogP) is 12.9. The molecule has 0 N–H and O–H groups in total. The number of hydrogen-bond acceptors (Lipinski definition) is 3. The summed E-state index contributed by atoms with van der Waals surface area (Å²) in [5.41, 5.74) is 5.10. The maximum atomic E-state index is 6.30. The van der Waals surface area contributed by atoms with Gasteiger partial charge in [-0.3, -0.25) is 0 Å². The molecule has 0 spiro atoms. The van der Waals surface area contributed by atoms with Crippen LogP contribution in [0.15, 0.2) is 156 Å². The summed E-state index contributed by atoms with van der Waals surface area (Å²) in [5.74, 6) is 0. The van der Waals surface area contributed by atoms with Gasteiger partial charge in [0.15, 0.2) is 0 Å². The van der Waals surface area contributed by atoms with Gasteiger partial charge in [-0.15, -0.1) is 11.3 Å². The number of furan rings is 1. The van der Waals surface area contributed by atoms with Crippen LogP contribution in [0.4, 0.5) is 17.1 Å². The maximum absolute atomic E-state index is 6.30. The Morgan fingerprint density at radius 1 is 0.422 bits per heavy atom. The molecule has 0 saturated heterocycles. The Hall–Kier alpha value is -5.64. The molecule has 0 aliphatic carbocycles. The van der Waals surface area contributed by atoms with Crippen LogP contribution in [0.1, 0.15) is 0 Å². The van der Waals surface area contributed by atoms with E-state index in [1.165, 1.54) is 52.5 Å². The van der Waals surface area contributed by atoms with Crippen LogP contribution in [-0.4, -0.2) is 0 Å². The first kappa shape index (κ1) is 24.8. The molecule has 0 saturated carbocycles. The van der Waals surface area contributed by atoms with Gasteiger partial charge in [-0.2, -0.15) is 0 Å². The van der Waals surface area contributed by atoms with E-state index in [1.807, 2.05) is 23.5 Å². The lowest BCUT2D eigenvalue weighted by atomic mass is 9.95. The van der Waals surface area contributed by atoms with E-state index in [4.69, 9.17) is 4.42 Å². The van der Waals surface area contributed by atoms with Gasteiger partial charge in [0.1, 0.15) is 11.2 Å². The molecule has 8 aromatic carbocycles. The normalized spacial score (nSPS) is 12.0. The zero-order chi connectivity index (χ0) is 29.5. The zero-order valence-corrected chi connectivity index (χ0v) is 25.0. The largest absolute Gasteiger partial charge is 0.456 e. The Kier molecular flexibility index (Phi) is 5.19. The van der Waals surface area contributed by atoms with Crippen LogP contribution in [-0.2, 0) is 0 Å². The molecule has 3 heteroatoms. The molecule has 10 rings (SSSR count). The van der Waals surface area contributed by atoms with E-state index in [0.29, 0.717) is 0 Å². The van der Waals surface area contributed by atoms with Gasteiger partial charge in [0.25, 0.3) is 0 Å². The van der Waals surface area contributed by atoms with Gasteiger partial charge in [-0.05, 0) is 75.5 Å². The van der Waals surface area contributed by atoms with Crippen LogP contribution >= 0.6 is 11.3 Å². The summed E-state index contributed by atoms with van der Waals surface area (Å²) in [5, 5.41) is 12.6. The van der Waals surface area contributed by atoms with E-state index >= 15 is 0 Å². The first-order valence-corrected chi connectivity index (χ1v) is 16.1. The van der Waals surface area contributed by atoms with Gasteiger partial charge in [-0.1, -0.05) is 103 Å². The molecule has 0 unspecified atom stereocenters. The lowest BCUT2D eigenvalue weighted by molar-refractivity contribution is 0.669. The minimum absolute atomic E-state index is 0.889. The number of benzene rings is 8. The fourth-order valence-electron chi connectivity index (χ4n) is 7.23. The van der Waals surface area contributed by atoms with Crippen LogP contribution in [0.5, 0.6) is 0 Å². The fraction of sp³-hybridized carbons (Fsp3) is 0.